The topological polar surface area (TPSA) is 178 Å². The van der Waals surface area contributed by atoms with E-state index >= 15 is 0 Å². The lowest BCUT2D eigenvalue weighted by Gasteiger charge is -2.24. The molecular weight excluding hydrogens is 478 g/mol. The van der Waals surface area contributed by atoms with E-state index in [4.69, 9.17) is 10.5 Å². The molecule has 188 valence electrons. The summed E-state index contributed by atoms with van der Waals surface area (Å²) in [6.07, 6.45) is 5.43. The van der Waals surface area contributed by atoms with Crippen LogP contribution in [0.25, 0.3) is 28.3 Å². The Morgan fingerprint density at radius 3 is 2.41 bits per heavy atom. The molecule has 1 aromatic heterocycles. The number of phenols is 2. The quantitative estimate of drug-likeness (QED) is 0.323. The third-order valence-electron chi connectivity index (χ3n) is 5.98. The number of aromatic nitrogens is 3. The summed E-state index contributed by atoms with van der Waals surface area (Å²) in [6, 6.07) is 9.00. The molecule has 1 atom stereocenters. The molecule has 3 aromatic rings. The standard InChI is InChI=1S/C26H23N5O6/c1-26(25(35)37-2)9-7-15(8-10-26)22-29-23(16-5-3-4-6-18(16)32)31-24(30-22)20-17(21(27)34)11-14(13-28-36)12-19(20)33/h3-9,11-12,32-33H,10,13H2,1-2H3,(H2,27,34). The predicted molar refractivity (Wildman–Crippen MR) is 134 cm³/mol. The van der Waals surface area contributed by atoms with Crippen LogP contribution in [0.15, 0.2) is 59.8 Å². The summed E-state index contributed by atoms with van der Waals surface area (Å²) < 4.78 is 4.89. The number of benzene rings is 2. The first kappa shape index (κ1) is 25.2. The number of esters is 1. The molecule has 1 heterocycles. The minimum atomic E-state index is -0.880. The van der Waals surface area contributed by atoms with Crippen LogP contribution in [0, 0.1) is 10.3 Å². The molecule has 1 unspecified atom stereocenters. The lowest BCUT2D eigenvalue weighted by atomic mass is 9.82. The number of carbonyl (C=O) groups excluding carboxylic acids is 2. The van der Waals surface area contributed by atoms with Gasteiger partial charge in [-0.2, -0.15) is 4.91 Å². The number of para-hydroxylation sites is 1. The maximum absolute atomic E-state index is 12.3. The Morgan fingerprint density at radius 1 is 1.08 bits per heavy atom. The van der Waals surface area contributed by atoms with Crippen molar-refractivity contribution < 1.29 is 24.5 Å². The minimum absolute atomic E-state index is 0.0674. The summed E-state index contributed by atoms with van der Waals surface area (Å²) in [5, 5.41) is 24.0. The number of hydrogen-bond donors (Lipinski definition) is 3. The van der Waals surface area contributed by atoms with Crippen molar-refractivity contribution in [2.24, 2.45) is 16.3 Å². The van der Waals surface area contributed by atoms with Crippen molar-refractivity contribution in [3.8, 4) is 34.3 Å². The van der Waals surface area contributed by atoms with Gasteiger partial charge in [0.2, 0.25) is 5.91 Å². The van der Waals surface area contributed by atoms with E-state index in [1.165, 1.54) is 25.3 Å². The highest BCUT2D eigenvalue weighted by atomic mass is 16.5. The van der Waals surface area contributed by atoms with E-state index in [2.05, 4.69) is 20.1 Å². The highest BCUT2D eigenvalue weighted by molar-refractivity contribution is 6.01. The van der Waals surface area contributed by atoms with Crippen LogP contribution in [0.5, 0.6) is 11.5 Å². The van der Waals surface area contributed by atoms with Crippen molar-refractivity contribution in [3.05, 3.63) is 76.5 Å². The van der Waals surface area contributed by atoms with E-state index in [0.717, 1.165) is 0 Å². The molecule has 1 amide bonds. The second-order valence-electron chi connectivity index (χ2n) is 8.62. The van der Waals surface area contributed by atoms with Gasteiger partial charge < -0.3 is 20.7 Å². The number of methoxy groups -OCH3 is 1. The molecule has 11 heteroatoms. The van der Waals surface area contributed by atoms with Crippen LogP contribution < -0.4 is 5.73 Å². The molecule has 0 fully saturated rings. The normalized spacial score (nSPS) is 16.6. The average Bonchev–Trinajstić information content (AvgIpc) is 2.88. The first-order valence-electron chi connectivity index (χ1n) is 11.1. The number of ether oxygens (including phenoxy) is 1. The molecule has 0 spiro atoms. The fourth-order valence-corrected chi connectivity index (χ4v) is 3.96. The lowest BCUT2D eigenvalue weighted by Crippen LogP contribution is -2.27. The zero-order valence-electron chi connectivity index (χ0n) is 20.0. The number of primary amides is 1. The lowest BCUT2D eigenvalue weighted by molar-refractivity contribution is -0.148. The van der Waals surface area contributed by atoms with Gasteiger partial charge in [-0.05, 0) is 43.2 Å². The van der Waals surface area contributed by atoms with Crippen molar-refractivity contribution in [2.45, 2.75) is 19.9 Å². The molecule has 1 aliphatic rings. The van der Waals surface area contributed by atoms with Gasteiger partial charge in [0.05, 0.1) is 29.2 Å². The van der Waals surface area contributed by atoms with Crippen LogP contribution in [-0.4, -0.2) is 44.2 Å². The largest absolute Gasteiger partial charge is 0.507 e. The monoisotopic (exact) mass is 501 g/mol. The Balaban J connectivity index is 1.93. The van der Waals surface area contributed by atoms with Crippen LogP contribution in [-0.2, 0) is 16.1 Å². The number of aromatic hydroxyl groups is 2. The molecule has 0 aliphatic heterocycles. The van der Waals surface area contributed by atoms with Crippen LogP contribution in [0.1, 0.15) is 35.1 Å². The molecule has 11 nitrogen and oxygen atoms in total. The smallest absolute Gasteiger partial charge is 0.315 e. The van der Waals surface area contributed by atoms with Gasteiger partial charge in [-0.15, -0.1) is 0 Å². The van der Waals surface area contributed by atoms with Gasteiger partial charge in [0.25, 0.3) is 0 Å². The number of hydrogen-bond acceptors (Lipinski definition) is 10. The summed E-state index contributed by atoms with van der Waals surface area (Å²) in [6.45, 7) is 1.46. The van der Waals surface area contributed by atoms with Crippen LogP contribution >= 0.6 is 0 Å². The predicted octanol–water partition coefficient (Wildman–Crippen LogP) is 3.50. The van der Waals surface area contributed by atoms with Gasteiger partial charge in [-0.1, -0.05) is 35.5 Å². The van der Waals surface area contributed by atoms with Crippen LogP contribution in [0.2, 0.25) is 0 Å². The summed E-state index contributed by atoms with van der Waals surface area (Å²) in [4.78, 5) is 48.6. The molecular formula is C26H23N5O6. The molecule has 37 heavy (non-hydrogen) atoms. The van der Waals surface area contributed by atoms with Crippen molar-refractivity contribution in [3.63, 3.8) is 0 Å². The van der Waals surface area contributed by atoms with Crippen molar-refractivity contribution in [1.29, 1.82) is 0 Å². The first-order valence-corrected chi connectivity index (χ1v) is 11.1. The van der Waals surface area contributed by atoms with Gasteiger partial charge >= 0.3 is 5.97 Å². The Kier molecular flexibility index (Phi) is 6.79. The molecule has 4 N–H and O–H groups in total. The minimum Gasteiger partial charge on any atom is -0.507 e. The maximum atomic E-state index is 12.3. The summed E-state index contributed by atoms with van der Waals surface area (Å²) in [7, 11) is 1.32. The Labute approximate surface area is 211 Å². The molecule has 4 rings (SSSR count). The van der Waals surface area contributed by atoms with E-state index in [-0.39, 0.29) is 57.8 Å². The zero-order chi connectivity index (χ0) is 26.7. The zero-order valence-corrected chi connectivity index (χ0v) is 20.0. The van der Waals surface area contributed by atoms with E-state index in [0.29, 0.717) is 12.0 Å². The molecule has 1 aliphatic carbocycles. The van der Waals surface area contributed by atoms with E-state index in [1.807, 2.05) is 0 Å². The van der Waals surface area contributed by atoms with Gasteiger partial charge in [0.15, 0.2) is 17.5 Å². The van der Waals surface area contributed by atoms with Crippen molar-refractivity contribution >= 4 is 17.4 Å². The third-order valence-corrected chi connectivity index (χ3v) is 5.98. The van der Waals surface area contributed by atoms with Gasteiger partial charge in [0.1, 0.15) is 18.0 Å². The number of amides is 1. The van der Waals surface area contributed by atoms with Crippen molar-refractivity contribution in [1.82, 2.24) is 15.0 Å². The second-order valence-corrected chi connectivity index (χ2v) is 8.62. The Hall–Kier alpha value is -4.93. The Morgan fingerprint density at radius 2 is 1.78 bits per heavy atom. The molecule has 0 radical (unpaired) electrons. The summed E-state index contributed by atoms with van der Waals surface area (Å²) in [5.74, 6) is -1.61. The summed E-state index contributed by atoms with van der Waals surface area (Å²) in [5.41, 5.74) is 5.63. The molecule has 0 saturated carbocycles. The van der Waals surface area contributed by atoms with Gasteiger partial charge in [-0.3, -0.25) is 9.59 Å². The number of phenolic OH excluding ortho intramolecular Hbond substituents is 2. The van der Waals surface area contributed by atoms with Gasteiger partial charge in [-0.25, -0.2) is 15.0 Å². The molecule has 2 aromatic carbocycles. The molecule has 0 bridgehead atoms. The highest BCUT2D eigenvalue weighted by Gasteiger charge is 2.33. The average molecular weight is 501 g/mol. The maximum Gasteiger partial charge on any atom is 0.315 e. The highest BCUT2D eigenvalue weighted by Crippen LogP contribution is 2.37. The van der Waals surface area contributed by atoms with E-state index in [1.54, 1.807) is 43.4 Å². The fraction of sp³-hybridized carbons (Fsp3) is 0.192. The Bertz CT molecular complexity index is 1480. The first-order chi connectivity index (χ1) is 17.7. The fourth-order valence-electron chi connectivity index (χ4n) is 3.96. The van der Waals surface area contributed by atoms with Crippen LogP contribution in [0.4, 0.5) is 0 Å². The van der Waals surface area contributed by atoms with E-state index in [9.17, 15) is 24.7 Å². The number of nitrogens with two attached hydrogens (primary N) is 1. The van der Waals surface area contributed by atoms with E-state index < -0.39 is 17.3 Å². The summed E-state index contributed by atoms with van der Waals surface area (Å²) >= 11 is 0. The number of nitroso groups, excluding NO2 is 1. The number of rotatable bonds is 7. The SMILES string of the molecule is COC(=O)C1(C)C=CC(c2nc(-c3ccccc3O)nc(-c3c(O)cc(CN=O)cc3C(N)=O)n2)=CC1. The number of carbonyl (C=O) groups is 2. The van der Waals surface area contributed by atoms with Crippen LogP contribution in [0.3, 0.4) is 0 Å². The van der Waals surface area contributed by atoms with Gasteiger partial charge in [0, 0.05) is 5.57 Å². The second kappa shape index (κ2) is 9.97. The molecule has 0 saturated heterocycles. The third kappa shape index (κ3) is 4.92. The number of nitrogens with zero attached hydrogens (tertiary/aromatic N) is 4. The van der Waals surface area contributed by atoms with Crippen molar-refractivity contribution in [2.75, 3.05) is 7.11 Å². The number of allylic oxidation sites excluding steroid dienone is 3.